The number of carbonyl (C=O) groups excluding carboxylic acids is 2. The van der Waals surface area contributed by atoms with Gasteiger partial charge in [-0.15, -0.1) is 0 Å². The molecule has 0 saturated carbocycles. The van der Waals surface area contributed by atoms with E-state index in [1.165, 1.54) is 6.07 Å². The van der Waals surface area contributed by atoms with Crippen molar-refractivity contribution in [3.8, 4) is 0 Å². The van der Waals surface area contributed by atoms with E-state index in [1.54, 1.807) is 0 Å². The van der Waals surface area contributed by atoms with E-state index in [2.05, 4.69) is 20.9 Å². The van der Waals surface area contributed by atoms with Crippen LogP contribution >= 0.6 is 12.2 Å². The van der Waals surface area contributed by atoms with Crippen molar-refractivity contribution in [2.24, 2.45) is 0 Å². The Morgan fingerprint density at radius 1 is 1.06 bits per heavy atom. The van der Waals surface area contributed by atoms with Crippen LogP contribution in [-0.4, -0.2) is 60.5 Å². The number of amides is 2. The Bertz CT molecular complexity index is 1040. The number of nitrogens with one attached hydrogen (secondary N) is 3. The first kappa shape index (κ1) is 25.6. The van der Waals surface area contributed by atoms with Crippen molar-refractivity contribution in [3.05, 3.63) is 70.8 Å². The molecule has 34 heavy (non-hydrogen) atoms. The minimum absolute atomic E-state index is 0.104. The molecule has 6 nitrogen and oxygen atoms in total. The number of hydrogen-bond donors (Lipinski definition) is 3. The number of rotatable bonds is 6. The van der Waals surface area contributed by atoms with Gasteiger partial charge in [0.05, 0.1) is 18.2 Å². The summed E-state index contributed by atoms with van der Waals surface area (Å²) in [6.07, 6.45) is -3.80. The van der Waals surface area contributed by atoms with Gasteiger partial charge in [-0.25, -0.2) is 0 Å². The van der Waals surface area contributed by atoms with E-state index in [9.17, 15) is 22.8 Å². The Labute approximate surface area is 201 Å². The number of carbonyl (C=O) groups is 2. The maximum Gasteiger partial charge on any atom is 0.416 e. The van der Waals surface area contributed by atoms with Crippen molar-refractivity contribution in [2.75, 3.05) is 26.7 Å². The lowest BCUT2D eigenvalue weighted by Gasteiger charge is -2.38. The van der Waals surface area contributed by atoms with E-state index in [-0.39, 0.29) is 24.2 Å². The van der Waals surface area contributed by atoms with Crippen LogP contribution in [-0.2, 0) is 11.0 Å². The highest BCUT2D eigenvalue weighted by Gasteiger charge is 2.31. The summed E-state index contributed by atoms with van der Waals surface area (Å²) in [5, 5.41) is 8.63. The van der Waals surface area contributed by atoms with Crippen molar-refractivity contribution in [1.82, 2.24) is 20.9 Å². The number of aryl methyl sites for hydroxylation is 1. The van der Waals surface area contributed by atoms with Gasteiger partial charge in [-0.3, -0.25) is 9.59 Å². The fourth-order valence-electron chi connectivity index (χ4n) is 3.75. The molecular weight excluding hydrogens is 465 g/mol. The average Bonchev–Trinajstić information content (AvgIpc) is 2.79. The summed E-state index contributed by atoms with van der Waals surface area (Å²) in [4.78, 5) is 27.5. The van der Waals surface area contributed by atoms with E-state index in [0.29, 0.717) is 11.5 Å². The number of nitrogens with zero attached hydrogens (tertiary/aromatic N) is 1. The summed E-state index contributed by atoms with van der Waals surface area (Å²) in [7, 11) is 1.95. The Morgan fingerprint density at radius 3 is 2.44 bits per heavy atom. The molecule has 0 radical (unpaired) electrons. The Balaban J connectivity index is 1.57. The summed E-state index contributed by atoms with van der Waals surface area (Å²) >= 11 is 5.54. The molecule has 1 saturated heterocycles. The lowest BCUT2D eigenvalue weighted by atomic mass is 9.99. The van der Waals surface area contributed by atoms with Crippen LogP contribution in [0.2, 0.25) is 0 Å². The molecule has 1 aliphatic rings. The first-order valence-corrected chi connectivity index (χ1v) is 11.2. The van der Waals surface area contributed by atoms with Crippen molar-refractivity contribution < 1.29 is 22.8 Å². The summed E-state index contributed by atoms with van der Waals surface area (Å²) in [6.45, 7) is 3.05. The smallest absolute Gasteiger partial charge is 0.371 e. The molecule has 2 aromatic carbocycles. The monoisotopic (exact) mass is 492 g/mol. The van der Waals surface area contributed by atoms with Gasteiger partial charge in [0.1, 0.15) is 4.99 Å². The van der Waals surface area contributed by atoms with E-state index in [4.69, 9.17) is 12.2 Å². The quantitative estimate of drug-likeness (QED) is 0.541. The SMILES string of the molecule is Cc1ccc(C(=S)N[C@@H]2CCN(C)C[C@@H]2NC(=O)CNC(=O)c2cccc(C(F)(F)F)c2)cc1. The Morgan fingerprint density at radius 2 is 1.76 bits per heavy atom. The number of halogens is 3. The van der Waals surface area contributed by atoms with E-state index in [0.717, 1.165) is 42.3 Å². The molecule has 0 aliphatic carbocycles. The second kappa shape index (κ2) is 11.0. The molecule has 10 heteroatoms. The third-order valence-electron chi connectivity index (χ3n) is 5.65. The third-order valence-corrected chi connectivity index (χ3v) is 6.01. The van der Waals surface area contributed by atoms with Crippen LogP contribution in [0.25, 0.3) is 0 Å². The molecule has 0 bridgehead atoms. The van der Waals surface area contributed by atoms with E-state index >= 15 is 0 Å². The number of hydrogen-bond acceptors (Lipinski definition) is 4. The number of piperidine rings is 1. The second-order valence-electron chi connectivity index (χ2n) is 8.43. The number of benzene rings is 2. The second-order valence-corrected chi connectivity index (χ2v) is 8.84. The number of thiocarbonyl (C=S) groups is 1. The number of likely N-dealkylation sites (N-methyl/N-ethyl adjacent to an activating group) is 1. The van der Waals surface area contributed by atoms with Crippen molar-refractivity contribution >= 4 is 29.0 Å². The molecule has 182 valence electrons. The topological polar surface area (TPSA) is 73.5 Å². The normalized spacial score (nSPS) is 18.7. The fourth-order valence-corrected chi connectivity index (χ4v) is 4.04. The molecule has 0 unspecified atom stereocenters. The average molecular weight is 493 g/mol. The molecule has 1 fully saturated rings. The zero-order valence-electron chi connectivity index (χ0n) is 18.9. The van der Waals surface area contributed by atoms with Gasteiger partial charge in [0, 0.05) is 23.7 Å². The van der Waals surface area contributed by atoms with Gasteiger partial charge in [0.15, 0.2) is 0 Å². The first-order chi connectivity index (χ1) is 16.0. The molecule has 2 aromatic rings. The minimum Gasteiger partial charge on any atom is -0.371 e. The molecule has 2 atom stereocenters. The fraction of sp³-hybridized carbons (Fsp3) is 0.375. The lowest BCUT2D eigenvalue weighted by Crippen LogP contribution is -2.60. The van der Waals surface area contributed by atoms with Crippen LogP contribution in [0, 0.1) is 6.92 Å². The van der Waals surface area contributed by atoms with Crippen molar-refractivity contribution in [1.29, 1.82) is 0 Å². The Kier molecular flexibility index (Phi) is 8.27. The van der Waals surface area contributed by atoms with Gasteiger partial charge in [0.25, 0.3) is 5.91 Å². The lowest BCUT2D eigenvalue weighted by molar-refractivity contribution is -0.137. The maximum absolute atomic E-state index is 12.9. The summed E-state index contributed by atoms with van der Waals surface area (Å²) < 4.78 is 38.6. The zero-order valence-corrected chi connectivity index (χ0v) is 19.7. The maximum atomic E-state index is 12.9. The summed E-state index contributed by atoms with van der Waals surface area (Å²) in [6, 6.07) is 11.5. The van der Waals surface area contributed by atoms with Crippen LogP contribution in [0.5, 0.6) is 0 Å². The van der Waals surface area contributed by atoms with Gasteiger partial charge in [-0.1, -0.05) is 48.1 Å². The molecule has 0 spiro atoms. The molecular formula is C24H27F3N4O2S. The van der Waals surface area contributed by atoms with Crippen LogP contribution in [0.4, 0.5) is 13.2 Å². The van der Waals surface area contributed by atoms with Gasteiger partial charge in [-0.2, -0.15) is 13.2 Å². The first-order valence-electron chi connectivity index (χ1n) is 10.8. The van der Waals surface area contributed by atoms with Gasteiger partial charge in [-0.05, 0) is 45.1 Å². The zero-order chi connectivity index (χ0) is 24.9. The number of likely N-dealkylation sites (tertiary alicyclic amines) is 1. The molecule has 3 rings (SSSR count). The molecule has 1 aliphatic heterocycles. The Hall–Kier alpha value is -2.98. The third kappa shape index (κ3) is 7.01. The van der Waals surface area contributed by atoms with Crippen LogP contribution in [0.1, 0.15) is 33.5 Å². The highest BCUT2D eigenvalue weighted by molar-refractivity contribution is 7.80. The predicted octanol–water partition coefficient (Wildman–Crippen LogP) is 2.90. The largest absolute Gasteiger partial charge is 0.416 e. The van der Waals surface area contributed by atoms with Crippen molar-refractivity contribution in [2.45, 2.75) is 31.6 Å². The van der Waals surface area contributed by atoms with Gasteiger partial charge < -0.3 is 20.9 Å². The molecule has 0 aromatic heterocycles. The van der Waals surface area contributed by atoms with E-state index in [1.807, 2.05) is 38.2 Å². The van der Waals surface area contributed by atoms with E-state index < -0.39 is 23.6 Å². The highest BCUT2D eigenvalue weighted by Crippen LogP contribution is 2.29. The standard InChI is InChI=1S/C24H27F3N4O2S/c1-15-6-8-16(9-7-15)23(34)30-19-10-11-31(2)14-20(19)29-21(32)13-28-22(33)17-4-3-5-18(12-17)24(25,26)27/h3-9,12,19-20H,10-11,13-14H2,1-2H3,(H,28,33)(H,29,32)(H,30,34)/t19-,20+/m1/s1. The molecule has 1 heterocycles. The molecule has 2 amide bonds. The van der Waals surface area contributed by atoms with Gasteiger partial charge >= 0.3 is 6.18 Å². The molecule has 3 N–H and O–H groups in total. The van der Waals surface area contributed by atoms with Crippen LogP contribution in [0.15, 0.2) is 48.5 Å². The van der Waals surface area contributed by atoms with Crippen LogP contribution in [0.3, 0.4) is 0 Å². The highest BCUT2D eigenvalue weighted by atomic mass is 32.1. The predicted molar refractivity (Wildman–Crippen MR) is 128 cm³/mol. The van der Waals surface area contributed by atoms with Crippen LogP contribution < -0.4 is 16.0 Å². The van der Waals surface area contributed by atoms with Crippen molar-refractivity contribution in [3.63, 3.8) is 0 Å². The minimum atomic E-state index is -4.55. The summed E-state index contributed by atoms with van der Waals surface area (Å²) in [5.41, 5.74) is 0.928. The summed E-state index contributed by atoms with van der Waals surface area (Å²) in [5.74, 6) is -1.19. The van der Waals surface area contributed by atoms with Gasteiger partial charge in [0.2, 0.25) is 5.91 Å². The number of alkyl halides is 3.